The highest BCUT2D eigenvalue weighted by Crippen LogP contribution is 2.38. The first-order chi connectivity index (χ1) is 15.6. The Kier molecular flexibility index (Phi) is 7.22. The Hall–Kier alpha value is -2.70. The Bertz CT molecular complexity index is 960. The molecule has 32 heavy (non-hydrogen) atoms. The van der Waals surface area contributed by atoms with Crippen molar-refractivity contribution in [1.82, 2.24) is 9.80 Å². The van der Waals surface area contributed by atoms with Gasteiger partial charge in [0, 0.05) is 12.6 Å². The predicted molar refractivity (Wildman–Crippen MR) is 130 cm³/mol. The molecule has 0 aromatic heterocycles. The Balaban J connectivity index is 1.59. The molecule has 2 aliphatic heterocycles. The molecule has 1 atom stereocenters. The van der Waals surface area contributed by atoms with Crippen molar-refractivity contribution in [2.75, 3.05) is 43.4 Å². The van der Waals surface area contributed by atoms with Crippen molar-refractivity contribution in [3.05, 3.63) is 54.1 Å². The number of hydrogen-bond acceptors (Lipinski definition) is 4. The number of carbonyl (C=O) groups is 2. The van der Waals surface area contributed by atoms with Crippen molar-refractivity contribution >= 4 is 28.9 Å². The van der Waals surface area contributed by atoms with Crippen LogP contribution in [0.15, 0.2) is 48.5 Å². The van der Waals surface area contributed by atoms with E-state index in [9.17, 15) is 9.59 Å². The highest BCUT2D eigenvalue weighted by Gasteiger charge is 2.32. The van der Waals surface area contributed by atoms with Gasteiger partial charge < -0.3 is 10.2 Å². The molecule has 1 fully saturated rings. The van der Waals surface area contributed by atoms with Gasteiger partial charge in [-0.15, -0.1) is 0 Å². The van der Waals surface area contributed by atoms with Crippen LogP contribution in [0.1, 0.15) is 49.4 Å². The summed E-state index contributed by atoms with van der Waals surface area (Å²) in [5.41, 5.74) is 2.56. The van der Waals surface area contributed by atoms with Gasteiger partial charge in [-0.2, -0.15) is 0 Å². The van der Waals surface area contributed by atoms with E-state index in [1.54, 1.807) is 11.0 Å². The fourth-order valence-corrected chi connectivity index (χ4v) is 4.82. The van der Waals surface area contributed by atoms with Crippen LogP contribution < -0.4 is 10.2 Å². The minimum absolute atomic E-state index is 0.00418. The summed E-state index contributed by atoms with van der Waals surface area (Å²) in [6.45, 7) is 5.58. The molecule has 2 heterocycles. The van der Waals surface area contributed by atoms with Crippen molar-refractivity contribution in [3.63, 3.8) is 0 Å². The summed E-state index contributed by atoms with van der Waals surface area (Å²) < 4.78 is 0. The zero-order chi connectivity index (χ0) is 22.5. The van der Waals surface area contributed by atoms with E-state index in [0.717, 1.165) is 38.2 Å². The molecule has 2 amide bonds. The Morgan fingerprint density at radius 1 is 1.09 bits per heavy atom. The number of amides is 2. The molecule has 0 spiro atoms. The number of anilines is 3. The number of likely N-dealkylation sites (N-methyl/N-ethyl adjacent to an activating group) is 1. The minimum Gasteiger partial charge on any atom is -0.320 e. The summed E-state index contributed by atoms with van der Waals surface area (Å²) in [4.78, 5) is 33.1. The number of fused-ring (bicyclic) bond motifs is 2. The molecular weight excluding hydrogens is 400 g/mol. The van der Waals surface area contributed by atoms with Crippen LogP contribution in [0.2, 0.25) is 0 Å². The number of nitrogens with one attached hydrogen (secondary N) is 1. The van der Waals surface area contributed by atoms with Gasteiger partial charge >= 0.3 is 0 Å². The van der Waals surface area contributed by atoms with Gasteiger partial charge in [0.25, 0.3) is 5.91 Å². The molecule has 0 bridgehead atoms. The second-order valence-corrected chi connectivity index (χ2v) is 8.95. The number of likely N-dealkylation sites (tertiary alicyclic amines) is 1. The van der Waals surface area contributed by atoms with E-state index < -0.39 is 0 Å². The van der Waals surface area contributed by atoms with E-state index in [1.165, 1.54) is 19.3 Å². The molecule has 0 aliphatic carbocycles. The van der Waals surface area contributed by atoms with Gasteiger partial charge in [0.15, 0.2) is 0 Å². The molecule has 0 saturated carbocycles. The number of hydrogen-bond donors (Lipinski definition) is 1. The van der Waals surface area contributed by atoms with E-state index in [2.05, 4.69) is 29.1 Å². The van der Waals surface area contributed by atoms with Crippen molar-refractivity contribution in [2.24, 2.45) is 0 Å². The van der Waals surface area contributed by atoms with Crippen LogP contribution in [0.3, 0.4) is 0 Å². The van der Waals surface area contributed by atoms with Crippen LogP contribution in [0.25, 0.3) is 0 Å². The first-order valence-corrected chi connectivity index (χ1v) is 11.8. The molecule has 2 aromatic carbocycles. The van der Waals surface area contributed by atoms with Gasteiger partial charge in [-0.3, -0.25) is 19.4 Å². The molecule has 2 aliphatic rings. The third-order valence-electron chi connectivity index (χ3n) is 6.54. The summed E-state index contributed by atoms with van der Waals surface area (Å²) in [6.07, 6.45) is 5.85. The fourth-order valence-electron chi connectivity index (χ4n) is 4.82. The SMILES string of the molecule is CCCCN(C)CC1CCCCN1CC(=O)N1c2ccccc2NC(=O)c2ccccc21. The number of rotatable bonds is 7. The second kappa shape index (κ2) is 10.3. The third kappa shape index (κ3) is 4.87. The zero-order valence-corrected chi connectivity index (χ0v) is 19.2. The van der Waals surface area contributed by atoms with Crippen molar-refractivity contribution < 1.29 is 9.59 Å². The van der Waals surface area contributed by atoms with Gasteiger partial charge in [-0.1, -0.05) is 44.0 Å². The lowest BCUT2D eigenvalue weighted by Crippen LogP contribution is -2.50. The van der Waals surface area contributed by atoms with Gasteiger partial charge in [0.2, 0.25) is 5.91 Å². The molecule has 0 radical (unpaired) electrons. The zero-order valence-electron chi connectivity index (χ0n) is 19.2. The van der Waals surface area contributed by atoms with E-state index in [4.69, 9.17) is 0 Å². The lowest BCUT2D eigenvalue weighted by Gasteiger charge is -2.38. The molecular formula is C26H34N4O2. The van der Waals surface area contributed by atoms with E-state index in [-0.39, 0.29) is 11.8 Å². The van der Waals surface area contributed by atoms with Crippen molar-refractivity contribution in [3.8, 4) is 0 Å². The van der Waals surface area contributed by atoms with Gasteiger partial charge in [-0.25, -0.2) is 0 Å². The van der Waals surface area contributed by atoms with Crippen LogP contribution in [0.5, 0.6) is 0 Å². The summed E-state index contributed by atoms with van der Waals surface area (Å²) in [6, 6.07) is 15.3. The standard InChI is InChI=1S/C26H34N4O2/c1-3-4-16-28(2)18-20-11-9-10-17-29(20)19-25(31)30-23-14-7-5-12-21(23)26(32)27-22-13-6-8-15-24(22)30/h5-8,12-15,20H,3-4,9-11,16-19H2,1-2H3,(H,27,32). The maximum absolute atomic E-state index is 13.8. The van der Waals surface area contributed by atoms with E-state index >= 15 is 0 Å². The number of piperidine rings is 1. The largest absolute Gasteiger partial charge is 0.320 e. The lowest BCUT2D eigenvalue weighted by atomic mass is 10.0. The minimum atomic E-state index is -0.184. The Labute approximate surface area is 191 Å². The highest BCUT2D eigenvalue weighted by atomic mass is 16.2. The molecule has 4 rings (SSSR count). The molecule has 1 saturated heterocycles. The fraction of sp³-hybridized carbons (Fsp3) is 0.462. The lowest BCUT2D eigenvalue weighted by molar-refractivity contribution is -0.120. The van der Waals surface area contributed by atoms with Crippen LogP contribution in [0.4, 0.5) is 17.1 Å². The van der Waals surface area contributed by atoms with Gasteiger partial charge in [0.1, 0.15) is 0 Å². The van der Waals surface area contributed by atoms with Gasteiger partial charge in [-0.05, 0) is 63.7 Å². The normalized spacial score (nSPS) is 18.7. The molecule has 6 nitrogen and oxygen atoms in total. The second-order valence-electron chi connectivity index (χ2n) is 8.95. The van der Waals surface area contributed by atoms with Crippen LogP contribution >= 0.6 is 0 Å². The quantitative estimate of drug-likeness (QED) is 0.697. The summed E-state index contributed by atoms with van der Waals surface area (Å²) >= 11 is 0. The summed E-state index contributed by atoms with van der Waals surface area (Å²) in [5, 5.41) is 2.97. The van der Waals surface area contributed by atoms with Crippen molar-refractivity contribution in [1.29, 1.82) is 0 Å². The van der Waals surface area contributed by atoms with Crippen LogP contribution in [-0.4, -0.2) is 60.9 Å². The number of para-hydroxylation sites is 3. The Morgan fingerprint density at radius 2 is 1.84 bits per heavy atom. The number of unbranched alkanes of at least 4 members (excludes halogenated alkanes) is 1. The maximum atomic E-state index is 13.8. The first kappa shape index (κ1) is 22.5. The number of benzene rings is 2. The highest BCUT2D eigenvalue weighted by molar-refractivity contribution is 6.17. The predicted octanol–water partition coefficient (Wildman–Crippen LogP) is 4.50. The number of carbonyl (C=O) groups excluding carboxylic acids is 2. The average Bonchev–Trinajstić information content (AvgIpc) is 2.93. The number of nitrogens with zero attached hydrogens (tertiary/aromatic N) is 3. The molecule has 170 valence electrons. The van der Waals surface area contributed by atoms with Crippen LogP contribution in [-0.2, 0) is 4.79 Å². The summed E-state index contributed by atoms with van der Waals surface area (Å²) in [5.74, 6) is -0.179. The topological polar surface area (TPSA) is 55.9 Å². The third-order valence-corrected chi connectivity index (χ3v) is 6.54. The average molecular weight is 435 g/mol. The molecule has 1 unspecified atom stereocenters. The monoisotopic (exact) mass is 434 g/mol. The smallest absolute Gasteiger partial charge is 0.257 e. The van der Waals surface area contributed by atoms with Crippen molar-refractivity contribution in [2.45, 2.75) is 45.1 Å². The molecule has 6 heteroatoms. The summed E-state index contributed by atoms with van der Waals surface area (Å²) in [7, 11) is 2.18. The van der Waals surface area contributed by atoms with E-state index in [1.807, 2.05) is 42.5 Å². The van der Waals surface area contributed by atoms with E-state index in [0.29, 0.717) is 29.5 Å². The first-order valence-electron chi connectivity index (χ1n) is 11.8. The Morgan fingerprint density at radius 3 is 2.66 bits per heavy atom. The maximum Gasteiger partial charge on any atom is 0.257 e. The molecule has 1 N–H and O–H groups in total. The molecule has 2 aromatic rings. The van der Waals surface area contributed by atoms with Crippen LogP contribution in [0, 0.1) is 0 Å². The van der Waals surface area contributed by atoms with Gasteiger partial charge in [0.05, 0.1) is 29.2 Å².